The minimum absolute atomic E-state index is 0.235. The Morgan fingerprint density at radius 3 is 2.56 bits per heavy atom. The van der Waals surface area contributed by atoms with Crippen molar-refractivity contribution >= 4 is 0 Å². The molecule has 4 aliphatic rings. The summed E-state index contributed by atoms with van der Waals surface area (Å²) in [5, 5.41) is 19.9. The van der Waals surface area contributed by atoms with E-state index >= 15 is 0 Å². The van der Waals surface area contributed by atoms with Gasteiger partial charge in [0.25, 0.3) is 0 Å². The maximum absolute atomic E-state index is 11.0. The third-order valence-electron chi connectivity index (χ3n) is 11.6. The first-order valence-corrected chi connectivity index (χ1v) is 14.9. The van der Waals surface area contributed by atoms with E-state index in [-0.39, 0.29) is 6.61 Å². The molecule has 0 amide bonds. The van der Waals surface area contributed by atoms with Crippen molar-refractivity contribution in [3.05, 3.63) is 11.6 Å². The minimum Gasteiger partial charge on any atom is -0.396 e. The van der Waals surface area contributed by atoms with Gasteiger partial charge in [-0.2, -0.15) is 0 Å². The molecule has 0 heterocycles. The van der Waals surface area contributed by atoms with Gasteiger partial charge >= 0.3 is 0 Å². The van der Waals surface area contributed by atoms with Crippen LogP contribution < -0.4 is 0 Å². The van der Waals surface area contributed by atoms with Crippen LogP contribution in [0.5, 0.6) is 0 Å². The Morgan fingerprint density at radius 2 is 1.79 bits per heavy atom. The molecule has 3 nitrogen and oxygen atoms in total. The smallest absolute Gasteiger partial charge is 0.0682 e. The second-order valence-corrected chi connectivity index (χ2v) is 13.3. The number of hydrogen-bond acceptors (Lipinski definition) is 3. The van der Waals surface area contributed by atoms with Gasteiger partial charge in [0.15, 0.2) is 0 Å². The summed E-state index contributed by atoms with van der Waals surface area (Å²) in [5.41, 5.74) is 2.04. The summed E-state index contributed by atoms with van der Waals surface area (Å²) in [5.74, 6) is 4.34. The lowest BCUT2D eigenvalue weighted by Crippen LogP contribution is -2.52. The van der Waals surface area contributed by atoms with Gasteiger partial charge in [0.05, 0.1) is 5.60 Å². The van der Waals surface area contributed by atoms with Crippen molar-refractivity contribution < 1.29 is 14.9 Å². The van der Waals surface area contributed by atoms with Crippen LogP contribution in [0.2, 0.25) is 0 Å². The minimum atomic E-state index is -0.444. The van der Waals surface area contributed by atoms with E-state index in [1.165, 1.54) is 57.8 Å². The Morgan fingerprint density at radius 1 is 1.00 bits per heavy atom. The predicted octanol–water partition coefficient (Wildman–Crippen LogP) is 7.30. The number of rotatable bonds is 11. The molecule has 3 heteroatoms. The quantitative estimate of drug-likeness (QED) is 0.244. The second-order valence-electron chi connectivity index (χ2n) is 13.3. The van der Waals surface area contributed by atoms with Crippen LogP contribution in [-0.2, 0) is 4.74 Å². The Balaban J connectivity index is 1.33. The number of ether oxygens (including phenoxy) is 1. The topological polar surface area (TPSA) is 49.7 Å². The van der Waals surface area contributed by atoms with Crippen LogP contribution in [0.25, 0.3) is 0 Å². The van der Waals surface area contributed by atoms with Crippen molar-refractivity contribution in [1.82, 2.24) is 0 Å². The molecule has 0 spiro atoms. The first-order valence-electron chi connectivity index (χ1n) is 14.9. The van der Waals surface area contributed by atoms with Gasteiger partial charge in [0.2, 0.25) is 0 Å². The summed E-state index contributed by atoms with van der Waals surface area (Å²) < 4.78 is 5.60. The fourth-order valence-corrected chi connectivity index (χ4v) is 9.31. The SMILES string of the molecule is CC[C@]1(O)CC[C@@]2(C)C(=CC[C@H]3[C@@H]4CC[C@H]([C@H](C)CCCCCOCCCO)[C@@]4(C)CC[C@@H]32)C1. The summed E-state index contributed by atoms with van der Waals surface area (Å²) in [6, 6.07) is 0. The van der Waals surface area contributed by atoms with Crippen molar-refractivity contribution in [3.63, 3.8) is 0 Å². The van der Waals surface area contributed by atoms with E-state index in [2.05, 4.69) is 33.8 Å². The molecular formula is C31H54O3. The standard InChI is InChI=1S/C31H54O3/c1-5-31(33)18-17-29(3)24(22-31)11-12-25-27-14-13-26(30(27,4)16-15-28(25)29)23(2)10-7-6-8-20-34-21-9-19-32/h11,23,25-28,32-33H,5-10,12-22H2,1-4H3/t23-,25+,26-,27+,28+,29+,30-,31+/m1/s1. The van der Waals surface area contributed by atoms with Crippen LogP contribution >= 0.6 is 0 Å². The highest BCUT2D eigenvalue weighted by atomic mass is 16.5. The molecule has 3 fully saturated rings. The van der Waals surface area contributed by atoms with E-state index in [1.807, 2.05) is 0 Å². The number of aliphatic hydroxyl groups excluding tert-OH is 1. The first kappa shape index (κ1) is 26.7. The van der Waals surface area contributed by atoms with E-state index in [4.69, 9.17) is 9.84 Å². The molecule has 2 N–H and O–H groups in total. The zero-order valence-electron chi connectivity index (χ0n) is 22.8. The lowest BCUT2D eigenvalue weighted by molar-refractivity contribution is -0.0755. The van der Waals surface area contributed by atoms with Gasteiger partial charge in [-0.15, -0.1) is 0 Å². The Hall–Kier alpha value is -0.380. The number of unbranched alkanes of at least 4 members (excludes halogenated alkanes) is 2. The van der Waals surface area contributed by atoms with Crippen molar-refractivity contribution in [3.8, 4) is 0 Å². The summed E-state index contributed by atoms with van der Waals surface area (Å²) >= 11 is 0. The fourth-order valence-electron chi connectivity index (χ4n) is 9.31. The number of allylic oxidation sites excluding steroid dienone is 1. The number of hydrogen-bond donors (Lipinski definition) is 2. The maximum Gasteiger partial charge on any atom is 0.0682 e. The van der Waals surface area contributed by atoms with Gasteiger partial charge in [-0.25, -0.2) is 0 Å². The lowest BCUT2D eigenvalue weighted by Gasteiger charge is -2.59. The lowest BCUT2D eigenvalue weighted by atomic mass is 9.46. The van der Waals surface area contributed by atoms with Gasteiger partial charge in [-0.05, 0) is 111 Å². The molecule has 4 rings (SSSR count). The average molecular weight is 475 g/mol. The van der Waals surface area contributed by atoms with E-state index in [0.717, 1.165) is 68.3 Å². The third-order valence-corrected chi connectivity index (χ3v) is 11.6. The number of fused-ring (bicyclic) bond motifs is 5. The van der Waals surface area contributed by atoms with Crippen molar-refractivity contribution in [2.24, 2.45) is 40.4 Å². The van der Waals surface area contributed by atoms with Crippen LogP contribution in [0.1, 0.15) is 118 Å². The van der Waals surface area contributed by atoms with Crippen LogP contribution in [0.4, 0.5) is 0 Å². The molecule has 0 bridgehead atoms. The fraction of sp³-hybridized carbons (Fsp3) is 0.935. The van der Waals surface area contributed by atoms with Crippen LogP contribution in [0, 0.1) is 40.4 Å². The summed E-state index contributed by atoms with van der Waals surface area (Å²) in [6.07, 6.45) is 19.5. The highest BCUT2D eigenvalue weighted by Gasteiger charge is 2.59. The molecule has 0 aromatic heterocycles. The monoisotopic (exact) mass is 474 g/mol. The highest BCUT2D eigenvalue weighted by molar-refractivity contribution is 5.27. The Bertz CT molecular complexity index is 703. The molecular weight excluding hydrogens is 420 g/mol. The molecule has 4 aliphatic carbocycles. The molecule has 3 saturated carbocycles. The van der Waals surface area contributed by atoms with Crippen molar-refractivity contribution in [2.75, 3.05) is 19.8 Å². The van der Waals surface area contributed by atoms with Crippen molar-refractivity contribution in [2.45, 2.75) is 123 Å². The molecule has 196 valence electrons. The molecule has 34 heavy (non-hydrogen) atoms. The molecule has 8 atom stereocenters. The van der Waals surface area contributed by atoms with Gasteiger partial charge < -0.3 is 14.9 Å². The van der Waals surface area contributed by atoms with Crippen molar-refractivity contribution in [1.29, 1.82) is 0 Å². The maximum atomic E-state index is 11.0. The first-order chi connectivity index (χ1) is 16.3. The van der Waals surface area contributed by atoms with Gasteiger partial charge in [0, 0.05) is 19.8 Å². The third kappa shape index (κ3) is 5.05. The normalized spacial score (nSPS) is 42.5. The van der Waals surface area contributed by atoms with Crippen LogP contribution in [0.15, 0.2) is 11.6 Å². The number of aliphatic hydroxyl groups is 2. The largest absolute Gasteiger partial charge is 0.396 e. The highest BCUT2D eigenvalue weighted by Crippen LogP contribution is 2.67. The predicted molar refractivity (Wildman–Crippen MR) is 141 cm³/mol. The zero-order valence-corrected chi connectivity index (χ0v) is 22.8. The van der Waals surface area contributed by atoms with Crippen LogP contribution in [0.3, 0.4) is 0 Å². The van der Waals surface area contributed by atoms with E-state index in [0.29, 0.717) is 17.4 Å². The van der Waals surface area contributed by atoms with Crippen LogP contribution in [-0.4, -0.2) is 35.6 Å². The molecule has 0 aliphatic heterocycles. The Labute approximate surface area is 210 Å². The van der Waals surface area contributed by atoms with E-state index in [9.17, 15) is 5.11 Å². The molecule has 0 aromatic rings. The van der Waals surface area contributed by atoms with Gasteiger partial charge in [-0.1, -0.05) is 58.6 Å². The zero-order chi connectivity index (χ0) is 24.4. The van der Waals surface area contributed by atoms with Gasteiger partial charge in [0.1, 0.15) is 0 Å². The van der Waals surface area contributed by atoms with E-state index < -0.39 is 5.60 Å². The molecule has 0 saturated heterocycles. The van der Waals surface area contributed by atoms with Gasteiger partial charge in [-0.3, -0.25) is 0 Å². The second kappa shape index (κ2) is 10.9. The molecule has 0 aromatic carbocycles. The summed E-state index contributed by atoms with van der Waals surface area (Å²) in [7, 11) is 0. The summed E-state index contributed by atoms with van der Waals surface area (Å²) in [4.78, 5) is 0. The Kier molecular flexibility index (Phi) is 8.58. The average Bonchev–Trinajstić information content (AvgIpc) is 3.18. The molecule has 0 unspecified atom stereocenters. The molecule has 0 radical (unpaired) electrons. The van der Waals surface area contributed by atoms with E-state index in [1.54, 1.807) is 5.57 Å². The summed E-state index contributed by atoms with van der Waals surface area (Å²) in [6.45, 7) is 11.7.